The Morgan fingerprint density at radius 2 is 2.12 bits per heavy atom. The average molecular weight is 328 g/mol. The van der Waals surface area contributed by atoms with Crippen LogP contribution >= 0.6 is 0 Å². The zero-order chi connectivity index (χ0) is 16.8. The molecule has 1 saturated carbocycles. The molecule has 2 fully saturated rings. The molecule has 3 amide bonds. The number of hydrogen-bond donors (Lipinski definition) is 2. The van der Waals surface area contributed by atoms with E-state index >= 15 is 0 Å². The van der Waals surface area contributed by atoms with Crippen LogP contribution in [0, 0.1) is 18.7 Å². The first-order chi connectivity index (χ1) is 11.5. The van der Waals surface area contributed by atoms with Crippen LogP contribution in [0.4, 0.5) is 9.18 Å². The number of urea groups is 1. The quantitative estimate of drug-likeness (QED) is 0.847. The molecule has 1 atom stereocenters. The molecule has 1 aromatic carbocycles. The Morgan fingerprint density at radius 1 is 1.33 bits per heavy atom. The number of imide groups is 1. The smallest absolute Gasteiger partial charge is 0.325 e. The predicted molar refractivity (Wildman–Crippen MR) is 84.4 cm³/mol. The van der Waals surface area contributed by atoms with Gasteiger partial charge in [0.1, 0.15) is 17.7 Å². The van der Waals surface area contributed by atoms with Crippen molar-refractivity contribution in [3.8, 4) is 11.3 Å². The number of aromatic amines is 1. The van der Waals surface area contributed by atoms with Gasteiger partial charge in [-0.25, -0.2) is 14.2 Å². The normalized spacial score (nSPS) is 18.8. The minimum Gasteiger partial charge on any atom is -0.340 e. The molecular formula is C17H17FN4O2. The first kappa shape index (κ1) is 14.9. The van der Waals surface area contributed by atoms with Crippen molar-refractivity contribution >= 4 is 11.9 Å². The summed E-state index contributed by atoms with van der Waals surface area (Å²) >= 11 is 0. The highest BCUT2D eigenvalue weighted by Crippen LogP contribution is 2.44. The van der Waals surface area contributed by atoms with Crippen molar-refractivity contribution in [3.63, 3.8) is 0 Å². The van der Waals surface area contributed by atoms with Crippen LogP contribution < -0.4 is 5.32 Å². The van der Waals surface area contributed by atoms with Gasteiger partial charge in [-0.2, -0.15) is 0 Å². The maximum Gasteiger partial charge on any atom is 0.325 e. The molecule has 2 aromatic rings. The molecular weight excluding hydrogens is 311 g/mol. The highest BCUT2D eigenvalue weighted by molar-refractivity contribution is 6.02. The van der Waals surface area contributed by atoms with Crippen molar-refractivity contribution in [3.05, 3.63) is 41.6 Å². The van der Waals surface area contributed by atoms with Crippen molar-refractivity contribution in [1.29, 1.82) is 0 Å². The van der Waals surface area contributed by atoms with Crippen LogP contribution in [-0.2, 0) is 4.79 Å². The molecule has 24 heavy (non-hydrogen) atoms. The fourth-order valence-corrected chi connectivity index (χ4v) is 3.15. The molecule has 2 aliphatic rings. The largest absolute Gasteiger partial charge is 0.340 e. The predicted octanol–water partition coefficient (Wildman–Crippen LogP) is 2.53. The average Bonchev–Trinajstić information content (AvgIpc) is 3.17. The highest BCUT2D eigenvalue weighted by atomic mass is 19.1. The number of carbonyl (C=O) groups excluding carboxylic acids is 2. The maximum atomic E-state index is 14.2. The van der Waals surface area contributed by atoms with E-state index in [1.54, 1.807) is 12.3 Å². The van der Waals surface area contributed by atoms with Crippen molar-refractivity contribution in [1.82, 2.24) is 20.2 Å². The van der Waals surface area contributed by atoms with Crippen LogP contribution in [0.25, 0.3) is 11.3 Å². The van der Waals surface area contributed by atoms with Crippen molar-refractivity contribution < 1.29 is 14.0 Å². The summed E-state index contributed by atoms with van der Waals surface area (Å²) in [5, 5.41) is 2.54. The number of rotatable bonds is 4. The monoisotopic (exact) mass is 328 g/mol. The number of nitrogens with one attached hydrogen (secondary N) is 2. The molecule has 2 N–H and O–H groups in total. The minimum atomic E-state index is -0.415. The van der Waals surface area contributed by atoms with Gasteiger partial charge in [0.25, 0.3) is 5.91 Å². The van der Waals surface area contributed by atoms with E-state index in [1.165, 1.54) is 11.0 Å². The second-order valence-electron chi connectivity index (χ2n) is 6.37. The molecule has 0 spiro atoms. The summed E-state index contributed by atoms with van der Waals surface area (Å²) < 4.78 is 14.2. The van der Waals surface area contributed by atoms with E-state index < -0.39 is 12.1 Å². The molecule has 1 aliphatic heterocycles. The summed E-state index contributed by atoms with van der Waals surface area (Å²) in [7, 11) is 0. The number of hydrogen-bond acceptors (Lipinski definition) is 3. The number of halogens is 1. The molecule has 124 valence electrons. The number of aromatic nitrogens is 2. The number of nitrogens with zero attached hydrogens (tertiary/aromatic N) is 2. The number of carbonyl (C=O) groups is 2. The first-order valence-corrected chi connectivity index (χ1v) is 7.96. The fraction of sp³-hybridized carbons (Fsp3) is 0.353. The lowest BCUT2D eigenvalue weighted by Gasteiger charge is -2.23. The van der Waals surface area contributed by atoms with E-state index in [2.05, 4.69) is 15.3 Å². The summed E-state index contributed by atoms with van der Waals surface area (Å²) in [6.45, 7) is 1.84. The number of amides is 3. The highest BCUT2D eigenvalue weighted by Gasteiger charge is 2.45. The van der Waals surface area contributed by atoms with Gasteiger partial charge >= 0.3 is 6.03 Å². The maximum absolute atomic E-state index is 14.2. The van der Waals surface area contributed by atoms with Gasteiger partial charge in [-0.05, 0) is 43.4 Å². The lowest BCUT2D eigenvalue weighted by Crippen LogP contribution is -2.36. The van der Waals surface area contributed by atoms with Crippen LogP contribution in [0.3, 0.4) is 0 Å². The molecule has 1 unspecified atom stereocenters. The van der Waals surface area contributed by atoms with Crippen LogP contribution in [0.2, 0.25) is 0 Å². The summed E-state index contributed by atoms with van der Waals surface area (Å²) in [6.07, 6.45) is 3.43. The topological polar surface area (TPSA) is 78.1 Å². The Kier molecular flexibility index (Phi) is 3.37. The van der Waals surface area contributed by atoms with Gasteiger partial charge in [0.05, 0.1) is 18.4 Å². The second kappa shape index (κ2) is 5.43. The molecule has 1 aromatic heterocycles. The minimum absolute atomic E-state index is 0.0161. The van der Waals surface area contributed by atoms with Crippen molar-refractivity contribution in [2.24, 2.45) is 5.92 Å². The summed E-state index contributed by atoms with van der Waals surface area (Å²) in [5.74, 6) is 0.150. The Labute approximate surface area is 138 Å². The van der Waals surface area contributed by atoms with Crippen molar-refractivity contribution in [2.45, 2.75) is 25.8 Å². The van der Waals surface area contributed by atoms with E-state index in [0.717, 1.165) is 18.4 Å². The SMILES string of the molecule is Cc1ccc(-c2cnc(C(C3CC3)N3C(=O)CNC3=O)[nH]2)c(F)c1. The van der Waals surface area contributed by atoms with Crippen molar-refractivity contribution in [2.75, 3.05) is 6.54 Å². The van der Waals surface area contributed by atoms with Gasteiger partial charge < -0.3 is 10.3 Å². The molecule has 7 heteroatoms. The van der Waals surface area contributed by atoms with Gasteiger partial charge in [-0.15, -0.1) is 0 Å². The second-order valence-corrected chi connectivity index (χ2v) is 6.37. The Morgan fingerprint density at radius 3 is 2.75 bits per heavy atom. The lowest BCUT2D eigenvalue weighted by molar-refractivity contribution is -0.127. The van der Waals surface area contributed by atoms with Crippen LogP contribution in [-0.4, -0.2) is 33.4 Å². The van der Waals surface area contributed by atoms with Gasteiger partial charge in [-0.1, -0.05) is 6.07 Å². The summed E-state index contributed by atoms with van der Waals surface area (Å²) in [5.41, 5.74) is 1.80. The van der Waals surface area contributed by atoms with E-state index in [4.69, 9.17) is 0 Å². The third-order valence-corrected chi connectivity index (χ3v) is 4.52. The number of H-pyrrole nitrogens is 1. The molecule has 4 rings (SSSR count). The van der Waals surface area contributed by atoms with E-state index in [1.807, 2.05) is 13.0 Å². The molecule has 6 nitrogen and oxygen atoms in total. The number of aryl methyl sites for hydroxylation is 1. The third-order valence-electron chi connectivity index (χ3n) is 4.52. The fourth-order valence-electron chi connectivity index (χ4n) is 3.15. The molecule has 0 bridgehead atoms. The van der Waals surface area contributed by atoms with Crippen LogP contribution in [0.5, 0.6) is 0 Å². The van der Waals surface area contributed by atoms with Gasteiger partial charge in [0.2, 0.25) is 0 Å². The standard InChI is InChI=1S/C17H17FN4O2/c1-9-2-5-11(12(18)6-9)13-7-19-16(21-13)15(10-3-4-10)22-14(23)8-20-17(22)24/h2,5-7,10,15H,3-4,8H2,1H3,(H,19,21)(H,20,24). The number of imidazole rings is 1. The Balaban J connectivity index is 1.69. The van der Waals surface area contributed by atoms with Gasteiger partial charge in [0, 0.05) is 5.56 Å². The third kappa shape index (κ3) is 2.46. The Bertz CT molecular complexity index is 812. The van der Waals surface area contributed by atoms with E-state index in [9.17, 15) is 14.0 Å². The molecule has 1 aliphatic carbocycles. The van der Waals surface area contributed by atoms with Gasteiger partial charge in [0.15, 0.2) is 0 Å². The van der Waals surface area contributed by atoms with E-state index in [-0.39, 0.29) is 24.2 Å². The first-order valence-electron chi connectivity index (χ1n) is 7.96. The number of benzene rings is 1. The summed E-state index contributed by atoms with van der Waals surface area (Å²) in [6, 6.07) is 4.18. The zero-order valence-corrected chi connectivity index (χ0v) is 13.2. The molecule has 0 radical (unpaired) electrons. The Hall–Kier alpha value is -2.70. The zero-order valence-electron chi connectivity index (χ0n) is 13.2. The van der Waals surface area contributed by atoms with Crippen LogP contribution in [0.1, 0.15) is 30.3 Å². The summed E-state index contributed by atoms with van der Waals surface area (Å²) in [4.78, 5) is 32.7. The molecule has 1 saturated heterocycles. The van der Waals surface area contributed by atoms with Crippen LogP contribution in [0.15, 0.2) is 24.4 Å². The van der Waals surface area contributed by atoms with Gasteiger partial charge in [-0.3, -0.25) is 9.69 Å². The van der Waals surface area contributed by atoms with E-state index in [0.29, 0.717) is 17.1 Å². The molecule has 2 heterocycles. The lowest BCUT2D eigenvalue weighted by atomic mass is 10.1.